The Labute approximate surface area is 107 Å². The quantitative estimate of drug-likeness (QED) is 0.789. The van der Waals surface area contributed by atoms with Gasteiger partial charge in [-0.25, -0.2) is 0 Å². The predicted molar refractivity (Wildman–Crippen MR) is 72.2 cm³/mol. The minimum atomic E-state index is 0.714. The number of rotatable bonds is 3. The van der Waals surface area contributed by atoms with Crippen LogP contribution in [0, 0.1) is 5.92 Å². The number of halogens is 1. The first kappa shape index (κ1) is 12.4. The van der Waals surface area contributed by atoms with Crippen LogP contribution in [0.2, 0.25) is 5.02 Å². The molecule has 0 aromatic carbocycles. The van der Waals surface area contributed by atoms with Crippen LogP contribution < -0.4 is 5.32 Å². The molecule has 1 aliphatic rings. The molecule has 90 valence electrons. The Morgan fingerprint density at radius 3 is 3.00 bits per heavy atom. The van der Waals surface area contributed by atoms with Crippen molar-refractivity contribution >= 4 is 22.9 Å². The molecule has 1 saturated carbocycles. The monoisotopic (exact) mass is 257 g/mol. The highest BCUT2D eigenvalue weighted by Gasteiger charge is 2.15. The second-order valence-electron chi connectivity index (χ2n) is 4.92. The minimum absolute atomic E-state index is 0.714. The van der Waals surface area contributed by atoms with Gasteiger partial charge in [-0.3, -0.25) is 0 Å². The first-order valence-electron chi connectivity index (χ1n) is 6.20. The average Bonchev–Trinajstić information content (AvgIpc) is 2.56. The van der Waals surface area contributed by atoms with E-state index in [2.05, 4.69) is 18.3 Å². The van der Waals surface area contributed by atoms with Crippen LogP contribution in [0.3, 0.4) is 0 Å². The Kier molecular flexibility index (Phi) is 4.68. The highest BCUT2D eigenvalue weighted by molar-refractivity contribution is 7.10. The van der Waals surface area contributed by atoms with Gasteiger partial charge in [0.05, 0.1) is 5.02 Å². The molecule has 2 rings (SSSR count). The molecule has 2 atom stereocenters. The molecule has 1 aromatic rings. The molecule has 2 unspecified atom stereocenters. The fourth-order valence-corrected chi connectivity index (χ4v) is 3.41. The summed E-state index contributed by atoms with van der Waals surface area (Å²) in [6, 6.07) is 2.78. The summed E-state index contributed by atoms with van der Waals surface area (Å²) >= 11 is 7.66. The lowest BCUT2D eigenvalue weighted by Crippen LogP contribution is -2.27. The second kappa shape index (κ2) is 6.04. The van der Waals surface area contributed by atoms with E-state index in [9.17, 15) is 0 Å². The maximum absolute atomic E-state index is 5.91. The lowest BCUT2D eigenvalue weighted by molar-refractivity contribution is 0.449. The van der Waals surface area contributed by atoms with Gasteiger partial charge in [0.25, 0.3) is 0 Å². The first-order valence-corrected chi connectivity index (χ1v) is 7.46. The third-order valence-corrected chi connectivity index (χ3v) is 4.73. The number of thiophene rings is 1. The van der Waals surface area contributed by atoms with E-state index >= 15 is 0 Å². The molecule has 1 fully saturated rings. The van der Waals surface area contributed by atoms with E-state index in [4.69, 9.17) is 11.6 Å². The summed E-state index contributed by atoms with van der Waals surface area (Å²) in [6.07, 6.45) is 6.83. The fourth-order valence-electron chi connectivity index (χ4n) is 2.38. The molecule has 1 N–H and O–H groups in total. The van der Waals surface area contributed by atoms with Gasteiger partial charge in [0.15, 0.2) is 0 Å². The number of hydrogen-bond donors (Lipinski definition) is 1. The summed E-state index contributed by atoms with van der Waals surface area (Å²) < 4.78 is 0. The van der Waals surface area contributed by atoms with Gasteiger partial charge in [0, 0.05) is 22.8 Å². The van der Waals surface area contributed by atoms with Crippen molar-refractivity contribution in [2.24, 2.45) is 5.92 Å². The SMILES string of the molecule is CC1CCCC(NCc2cc(Cl)cs2)CC1. The van der Waals surface area contributed by atoms with Crippen molar-refractivity contribution in [3.05, 3.63) is 21.3 Å². The Balaban J connectivity index is 1.77. The van der Waals surface area contributed by atoms with Gasteiger partial charge >= 0.3 is 0 Å². The van der Waals surface area contributed by atoms with Crippen LogP contribution in [-0.4, -0.2) is 6.04 Å². The molecule has 1 heterocycles. The summed E-state index contributed by atoms with van der Waals surface area (Å²) in [4.78, 5) is 1.35. The standard InChI is InChI=1S/C13H20ClNS/c1-10-3-2-4-12(6-5-10)15-8-13-7-11(14)9-16-13/h7,9-10,12,15H,2-6,8H2,1H3. The molecule has 0 saturated heterocycles. The van der Waals surface area contributed by atoms with Gasteiger partial charge in [-0.15, -0.1) is 11.3 Å². The fraction of sp³-hybridized carbons (Fsp3) is 0.692. The molecule has 0 amide bonds. The summed E-state index contributed by atoms with van der Waals surface area (Å²) in [6.45, 7) is 3.36. The maximum atomic E-state index is 5.91. The zero-order valence-electron chi connectivity index (χ0n) is 9.84. The van der Waals surface area contributed by atoms with Crippen LogP contribution >= 0.6 is 22.9 Å². The van der Waals surface area contributed by atoms with Crippen molar-refractivity contribution < 1.29 is 0 Å². The maximum Gasteiger partial charge on any atom is 0.0516 e. The Morgan fingerprint density at radius 1 is 1.38 bits per heavy atom. The largest absolute Gasteiger partial charge is 0.309 e. The third kappa shape index (κ3) is 3.76. The van der Waals surface area contributed by atoms with Gasteiger partial charge in [0.2, 0.25) is 0 Å². The van der Waals surface area contributed by atoms with Crippen LogP contribution in [0.5, 0.6) is 0 Å². The topological polar surface area (TPSA) is 12.0 Å². The van der Waals surface area contributed by atoms with Crippen molar-refractivity contribution in [2.75, 3.05) is 0 Å². The highest BCUT2D eigenvalue weighted by atomic mass is 35.5. The normalized spacial score (nSPS) is 26.6. The zero-order chi connectivity index (χ0) is 11.4. The molecule has 0 aliphatic heterocycles. The van der Waals surface area contributed by atoms with E-state index in [1.165, 1.54) is 37.0 Å². The third-order valence-electron chi connectivity index (χ3n) is 3.44. The predicted octanol–water partition coefficient (Wildman–Crippen LogP) is 4.46. The molecule has 3 heteroatoms. The molecule has 0 bridgehead atoms. The van der Waals surface area contributed by atoms with Gasteiger partial charge in [-0.1, -0.05) is 31.4 Å². The summed E-state index contributed by atoms with van der Waals surface area (Å²) in [5.74, 6) is 0.919. The van der Waals surface area contributed by atoms with Crippen molar-refractivity contribution in [1.29, 1.82) is 0 Å². The first-order chi connectivity index (χ1) is 7.74. The Bertz CT molecular complexity index is 323. The number of nitrogens with one attached hydrogen (secondary N) is 1. The van der Waals surface area contributed by atoms with Gasteiger partial charge in [-0.05, 0) is 31.2 Å². The van der Waals surface area contributed by atoms with E-state index in [-0.39, 0.29) is 0 Å². The van der Waals surface area contributed by atoms with Crippen LogP contribution in [-0.2, 0) is 6.54 Å². The smallest absolute Gasteiger partial charge is 0.0516 e. The van der Waals surface area contributed by atoms with Crippen molar-refractivity contribution in [2.45, 2.75) is 51.6 Å². The zero-order valence-corrected chi connectivity index (χ0v) is 11.4. The van der Waals surface area contributed by atoms with Crippen LogP contribution in [0.1, 0.15) is 43.9 Å². The highest BCUT2D eigenvalue weighted by Crippen LogP contribution is 2.24. The summed E-state index contributed by atoms with van der Waals surface area (Å²) in [5.41, 5.74) is 0. The molecule has 0 radical (unpaired) electrons. The molecule has 0 spiro atoms. The van der Waals surface area contributed by atoms with E-state index in [1.54, 1.807) is 11.3 Å². The van der Waals surface area contributed by atoms with E-state index in [1.807, 2.05) is 5.38 Å². The summed E-state index contributed by atoms with van der Waals surface area (Å²) in [7, 11) is 0. The van der Waals surface area contributed by atoms with Gasteiger partial charge in [0.1, 0.15) is 0 Å². The van der Waals surface area contributed by atoms with Crippen molar-refractivity contribution in [3.8, 4) is 0 Å². The summed E-state index contributed by atoms with van der Waals surface area (Å²) in [5, 5.41) is 6.54. The van der Waals surface area contributed by atoms with E-state index < -0.39 is 0 Å². The van der Waals surface area contributed by atoms with E-state index in [0.29, 0.717) is 6.04 Å². The molecule has 1 nitrogen and oxygen atoms in total. The average molecular weight is 258 g/mol. The van der Waals surface area contributed by atoms with Gasteiger partial charge in [-0.2, -0.15) is 0 Å². The lowest BCUT2D eigenvalue weighted by Gasteiger charge is -2.15. The Hall–Kier alpha value is -0.0500. The Morgan fingerprint density at radius 2 is 2.25 bits per heavy atom. The molecule has 1 aliphatic carbocycles. The van der Waals surface area contributed by atoms with E-state index in [0.717, 1.165) is 17.5 Å². The van der Waals surface area contributed by atoms with Crippen molar-refractivity contribution in [1.82, 2.24) is 5.32 Å². The van der Waals surface area contributed by atoms with Crippen LogP contribution in [0.4, 0.5) is 0 Å². The van der Waals surface area contributed by atoms with Crippen molar-refractivity contribution in [3.63, 3.8) is 0 Å². The van der Waals surface area contributed by atoms with Crippen LogP contribution in [0.15, 0.2) is 11.4 Å². The minimum Gasteiger partial charge on any atom is -0.309 e. The second-order valence-corrected chi connectivity index (χ2v) is 6.35. The molecule has 16 heavy (non-hydrogen) atoms. The van der Waals surface area contributed by atoms with Crippen LogP contribution in [0.25, 0.3) is 0 Å². The molecular formula is C13H20ClNS. The molecular weight excluding hydrogens is 238 g/mol. The number of hydrogen-bond acceptors (Lipinski definition) is 2. The van der Waals surface area contributed by atoms with Gasteiger partial charge < -0.3 is 5.32 Å². The molecule has 1 aromatic heterocycles. The lowest BCUT2D eigenvalue weighted by atomic mass is 10.0.